The highest BCUT2D eigenvalue weighted by atomic mass is 19.1. The van der Waals surface area contributed by atoms with Crippen LogP contribution in [0, 0.1) is 5.82 Å². The monoisotopic (exact) mass is 307 g/mol. The van der Waals surface area contributed by atoms with Crippen molar-refractivity contribution in [3.8, 4) is 5.69 Å². The summed E-state index contributed by atoms with van der Waals surface area (Å²) >= 11 is 0. The van der Waals surface area contributed by atoms with Crippen LogP contribution in [-0.4, -0.2) is 39.6 Å². The molecule has 0 fully saturated rings. The van der Waals surface area contributed by atoms with Crippen LogP contribution in [0.3, 0.4) is 0 Å². The summed E-state index contributed by atoms with van der Waals surface area (Å²) < 4.78 is 14.4. The molecule has 0 aliphatic heterocycles. The number of benzene rings is 1. The molecule has 1 aromatic heterocycles. The van der Waals surface area contributed by atoms with E-state index in [-0.39, 0.29) is 17.8 Å². The van der Waals surface area contributed by atoms with Gasteiger partial charge in [0.15, 0.2) is 0 Å². The van der Waals surface area contributed by atoms with Crippen molar-refractivity contribution in [1.82, 2.24) is 14.5 Å². The predicted octanol–water partition coefficient (Wildman–Crippen LogP) is 0.425. The van der Waals surface area contributed by atoms with Crippen LogP contribution in [0.15, 0.2) is 33.9 Å². The fourth-order valence-corrected chi connectivity index (χ4v) is 2.07. The maximum absolute atomic E-state index is 13.8. The summed E-state index contributed by atoms with van der Waals surface area (Å²) in [5.74, 6) is -2.18. The second-order valence-corrected chi connectivity index (χ2v) is 4.92. The van der Waals surface area contributed by atoms with Crippen molar-refractivity contribution in [3.63, 3.8) is 0 Å². The summed E-state index contributed by atoms with van der Waals surface area (Å²) in [6.45, 7) is -0.00823. The molecule has 1 aromatic carbocycles. The number of nitrogens with one attached hydrogen (secondary N) is 1. The number of carbonyl (C=O) groups is 1. The number of aromatic amines is 1. The molecule has 2 N–H and O–H groups in total. The van der Waals surface area contributed by atoms with E-state index in [1.807, 2.05) is 0 Å². The second-order valence-electron chi connectivity index (χ2n) is 4.92. The maximum Gasteiger partial charge on any atom is 0.352 e. The lowest BCUT2D eigenvalue weighted by Crippen LogP contribution is -2.40. The number of aromatic carboxylic acids is 1. The molecule has 0 atom stereocenters. The number of aromatic nitrogens is 2. The Morgan fingerprint density at radius 3 is 2.50 bits per heavy atom. The zero-order valence-corrected chi connectivity index (χ0v) is 12.0. The number of H-pyrrole nitrogens is 1. The third-order valence-electron chi connectivity index (χ3n) is 2.98. The minimum atomic E-state index is -1.42. The van der Waals surface area contributed by atoms with Crippen LogP contribution in [0.25, 0.3) is 5.69 Å². The van der Waals surface area contributed by atoms with Crippen molar-refractivity contribution < 1.29 is 14.3 Å². The first-order valence-electron chi connectivity index (χ1n) is 6.34. The predicted molar refractivity (Wildman–Crippen MR) is 77.0 cm³/mol. The first kappa shape index (κ1) is 15.6. The van der Waals surface area contributed by atoms with Gasteiger partial charge in [-0.3, -0.25) is 4.79 Å². The van der Waals surface area contributed by atoms with Gasteiger partial charge >= 0.3 is 11.7 Å². The summed E-state index contributed by atoms with van der Waals surface area (Å²) in [7, 11) is 3.28. The molecule has 7 nitrogen and oxygen atoms in total. The van der Waals surface area contributed by atoms with Gasteiger partial charge in [-0.15, -0.1) is 0 Å². The Hall–Kier alpha value is -2.74. The highest BCUT2D eigenvalue weighted by Gasteiger charge is 2.21. The van der Waals surface area contributed by atoms with Crippen molar-refractivity contribution in [1.29, 1.82) is 0 Å². The molecule has 116 valence electrons. The molecule has 0 amide bonds. The van der Waals surface area contributed by atoms with E-state index < -0.39 is 28.7 Å². The van der Waals surface area contributed by atoms with Crippen LogP contribution >= 0.6 is 0 Å². The number of hydrogen-bond acceptors (Lipinski definition) is 4. The van der Waals surface area contributed by atoms with E-state index in [1.165, 1.54) is 18.2 Å². The normalized spacial score (nSPS) is 10.9. The number of rotatable bonds is 4. The minimum Gasteiger partial charge on any atom is -0.477 e. The molecular formula is C14H14FN3O4. The minimum absolute atomic E-state index is 0.00823. The lowest BCUT2D eigenvalue weighted by atomic mass is 10.2. The van der Waals surface area contributed by atoms with Gasteiger partial charge < -0.3 is 15.0 Å². The number of para-hydroxylation sites is 1. The van der Waals surface area contributed by atoms with Crippen molar-refractivity contribution >= 4 is 5.97 Å². The largest absolute Gasteiger partial charge is 0.477 e. The molecular weight excluding hydrogens is 293 g/mol. The Morgan fingerprint density at radius 1 is 1.32 bits per heavy atom. The smallest absolute Gasteiger partial charge is 0.352 e. The third-order valence-corrected chi connectivity index (χ3v) is 2.98. The van der Waals surface area contributed by atoms with Gasteiger partial charge in [-0.25, -0.2) is 18.5 Å². The fraction of sp³-hybridized carbons (Fsp3) is 0.214. The van der Waals surface area contributed by atoms with Gasteiger partial charge in [-0.2, -0.15) is 0 Å². The van der Waals surface area contributed by atoms with E-state index in [0.29, 0.717) is 4.57 Å². The van der Waals surface area contributed by atoms with Crippen LogP contribution in [0.4, 0.5) is 4.39 Å². The third kappa shape index (κ3) is 2.82. The molecule has 2 aromatic rings. The van der Waals surface area contributed by atoms with Gasteiger partial charge in [0.1, 0.15) is 11.5 Å². The molecule has 0 saturated carbocycles. The van der Waals surface area contributed by atoms with Gasteiger partial charge in [0, 0.05) is 6.54 Å². The standard InChI is InChI=1S/C14H14FN3O4/c1-17(2)7-8-11(13(20)21)16-14(22)18(12(8)19)10-6-4-3-5-9(10)15/h3-6H,7H2,1-2H3,(H,16,22)(H,20,21). The Labute approximate surface area is 124 Å². The quantitative estimate of drug-likeness (QED) is 0.854. The van der Waals surface area contributed by atoms with Crippen molar-refractivity contribution in [3.05, 3.63) is 62.2 Å². The van der Waals surface area contributed by atoms with E-state index in [4.69, 9.17) is 5.11 Å². The van der Waals surface area contributed by atoms with Crippen LogP contribution in [0.5, 0.6) is 0 Å². The Morgan fingerprint density at radius 2 is 1.95 bits per heavy atom. The number of carboxylic acids is 1. The highest BCUT2D eigenvalue weighted by Crippen LogP contribution is 2.10. The van der Waals surface area contributed by atoms with E-state index in [1.54, 1.807) is 19.0 Å². The van der Waals surface area contributed by atoms with Crippen LogP contribution in [-0.2, 0) is 6.54 Å². The van der Waals surface area contributed by atoms with Crippen LogP contribution < -0.4 is 11.2 Å². The Bertz CT molecular complexity index is 839. The van der Waals surface area contributed by atoms with E-state index in [2.05, 4.69) is 4.98 Å². The molecule has 0 bridgehead atoms. The SMILES string of the molecule is CN(C)Cc1c(C(=O)O)[nH]c(=O)n(-c2ccccc2F)c1=O. The molecule has 1 heterocycles. The van der Waals surface area contributed by atoms with E-state index >= 15 is 0 Å². The molecule has 0 radical (unpaired) electrons. The zero-order valence-electron chi connectivity index (χ0n) is 12.0. The molecule has 0 aliphatic carbocycles. The molecule has 2 rings (SSSR count). The van der Waals surface area contributed by atoms with Crippen LogP contribution in [0.2, 0.25) is 0 Å². The van der Waals surface area contributed by atoms with Gasteiger partial charge in [-0.05, 0) is 26.2 Å². The number of halogens is 1. The lowest BCUT2D eigenvalue weighted by Gasteiger charge is -2.14. The highest BCUT2D eigenvalue weighted by molar-refractivity contribution is 5.86. The molecule has 0 spiro atoms. The van der Waals surface area contributed by atoms with Crippen molar-refractivity contribution in [2.75, 3.05) is 14.1 Å². The number of carboxylic acid groups (broad SMARTS) is 1. The van der Waals surface area contributed by atoms with Gasteiger partial charge in [0.25, 0.3) is 5.56 Å². The average molecular weight is 307 g/mol. The van der Waals surface area contributed by atoms with Crippen molar-refractivity contribution in [2.24, 2.45) is 0 Å². The molecule has 0 unspecified atom stereocenters. The summed E-state index contributed by atoms with van der Waals surface area (Å²) in [4.78, 5) is 39.4. The Kier molecular flexibility index (Phi) is 4.22. The van der Waals surface area contributed by atoms with Crippen molar-refractivity contribution in [2.45, 2.75) is 6.54 Å². The summed E-state index contributed by atoms with van der Waals surface area (Å²) in [6.07, 6.45) is 0. The van der Waals surface area contributed by atoms with Gasteiger partial charge in [0.2, 0.25) is 0 Å². The first-order valence-corrected chi connectivity index (χ1v) is 6.34. The maximum atomic E-state index is 13.8. The number of nitrogens with zero attached hydrogens (tertiary/aromatic N) is 2. The first-order chi connectivity index (χ1) is 10.3. The fourth-order valence-electron chi connectivity index (χ4n) is 2.07. The summed E-state index contributed by atoms with van der Waals surface area (Å²) in [6, 6.07) is 5.27. The lowest BCUT2D eigenvalue weighted by molar-refractivity contribution is 0.0687. The molecule has 22 heavy (non-hydrogen) atoms. The van der Waals surface area contributed by atoms with E-state index in [0.717, 1.165) is 6.07 Å². The van der Waals surface area contributed by atoms with E-state index in [9.17, 15) is 18.8 Å². The molecule has 8 heteroatoms. The number of hydrogen-bond donors (Lipinski definition) is 2. The second kappa shape index (κ2) is 5.94. The average Bonchev–Trinajstić information content (AvgIpc) is 2.43. The van der Waals surface area contributed by atoms with Crippen LogP contribution in [0.1, 0.15) is 16.1 Å². The van der Waals surface area contributed by atoms with Gasteiger partial charge in [-0.1, -0.05) is 12.1 Å². The van der Waals surface area contributed by atoms with Gasteiger partial charge in [0.05, 0.1) is 11.3 Å². The summed E-state index contributed by atoms with van der Waals surface area (Å²) in [5, 5.41) is 9.13. The molecule has 0 aliphatic rings. The Balaban J connectivity index is 2.83. The zero-order chi connectivity index (χ0) is 16.4. The summed E-state index contributed by atoms with van der Waals surface area (Å²) in [5.41, 5.74) is -2.71. The topological polar surface area (TPSA) is 95.4 Å². The molecule has 0 saturated heterocycles.